The van der Waals surface area contributed by atoms with E-state index >= 15 is 0 Å². The highest BCUT2D eigenvalue weighted by molar-refractivity contribution is 6.05. The molecule has 1 saturated heterocycles. The van der Waals surface area contributed by atoms with Crippen LogP contribution in [-0.4, -0.2) is 47.6 Å². The highest BCUT2D eigenvalue weighted by Gasteiger charge is 2.40. The zero-order valence-electron chi connectivity index (χ0n) is 16.4. The van der Waals surface area contributed by atoms with Crippen LogP contribution in [0.25, 0.3) is 0 Å². The van der Waals surface area contributed by atoms with Crippen LogP contribution in [0.2, 0.25) is 0 Å². The summed E-state index contributed by atoms with van der Waals surface area (Å²) in [5, 5.41) is 5.84. The van der Waals surface area contributed by atoms with E-state index in [0.29, 0.717) is 29.8 Å². The number of amides is 3. The lowest BCUT2D eigenvalue weighted by atomic mass is 10.1. The van der Waals surface area contributed by atoms with E-state index in [1.165, 1.54) is 12.8 Å². The molecule has 2 fully saturated rings. The maximum absolute atomic E-state index is 13.1. The first-order valence-corrected chi connectivity index (χ1v) is 10.2. The Balaban J connectivity index is 1.43. The number of fused-ring (bicyclic) bond motifs is 4. The van der Waals surface area contributed by atoms with Crippen LogP contribution in [0.15, 0.2) is 30.5 Å². The van der Waals surface area contributed by atoms with Crippen molar-refractivity contribution in [2.45, 2.75) is 32.2 Å². The summed E-state index contributed by atoms with van der Waals surface area (Å²) in [5.41, 5.74) is 2.26. The number of hydrogen-bond donors (Lipinski definition) is 2. The van der Waals surface area contributed by atoms with Crippen LogP contribution < -0.4 is 20.4 Å². The summed E-state index contributed by atoms with van der Waals surface area (Å²) in [6.07, 6.45) is 4.89. The third-order valence-electron chi connectivity index (χ3n) is 5.80. The van der Waals surface area contributed by atoms with Crippen molar-refractivity contribution in [3.8, 4) is 0 Å². The lowest BCUT2D eigenvalue weighted by Crippen LogP contribution is -2.48. The fourth-order valence-corrected chi connectivity index (χ4v) is 4.02. The van der Waals surface area contributed by atoms with Gasteiger partial charge >= 0.3 is 6.03 Å². The highest BCUT2D eigenvalue weighted by Crippen LogP contribution is 2.39. The first-order chi connectivity index (χ1) is 14.1. The van der Waals surface area contributed by atoms with Gasteiger partial charge in [-0.1, -0.05) is 0 Å². The molecule has 2 N–H and O–H groups in total. The van der Waals surface area contributed by atoms with Crippen LogP contribution in [0.4, 0.5) is 22.1 Å². The Morgan fingerprint density at radius 3 is 2.86 bits per heavy atom. The number of carbonyl (C=O) groups excluding carboxylic acids is 2. The maximum atomic E-state index is 13.1. The minimum absolute atomic E-state index is 0.0320. The molecule has 5 rings (SSSR count). The molecular formula is C21H24N6O2. The van der Waals surface area contributed by atoms with E-state index in [4.69, 9.17) is 0 Å². The second kappa shape index (κ2) is 7.02. The van der Waals surface area contributed by atoms with Gasteiger partial charge in [0.25, 0.3) is 5.91 Å². The van der Waals surface area contributed by atoms with Gasteiger partial charge in [-0.3, -0.25) is 15.0 Å². The van der Waals surface area contributed by atoms with Gasteiger partial charge in [0.15, 0.2) is 5.82 Å². The van der Waals surface area contributed by atoms with Gasteiger partial charge in [-0.05, 0) is 61.9 Å². The number of rotatable bonds is 4. The van der Waals surface area contributed by atoms with E-state index in [1.54, 1.807) is 17.2 Å². The van der Waals surface area contributed by atoms with Crippen molar-refractivity contribution in [3.05, 3.63) is 41.7 Å². The number of urea groups is 1. The third kappa shape index (κ3) is 3.50. The number of pyridine rings is 2. The van der Waals surface area contributed by atoms with Gasteiger partial charge in [0, 0.05) is 25.8 Å². The van der Waals surface area contributed by atoms with Gasteiger partial charge in [0.2, 0.25) is 0 Å². The van der Waals surface area contributed by atoms with Crippen LogP contribution in [0, 0.1) is 12.8 Å². The molecule has 8 nitrogen and oxygen atoms in total. The van der Waals surface area contributed by atoms with Gasteiger partial charge in [-0.25, -0.2) is 14.8 Å². The Bertz CT molecular complexity index is 973. The Morgan fingerprint density at radius 1 is 1.21 bits per heavy atom. The van der Waals surface area contributed by atoms with Crippen LogP contribution in [0.5, 0.6) is 0 Å². The number of aromatic nitrogens is 2. The first-order valence-electron chi connectivity index (χ1n) is 10.2. The minimum atomic E-state index is -0.265. The Kier molecular flexibility index (Phi) is 4.34. The maximum Gasteiger partial charge on any atom is 0.329 e. The molecule has 1 saturated carbocycles. The number of nitrogens with zero attached hydrogens (tertiary/aromatic N) is 4. The van der Waals surface area contributed by atoms with E-state index < -0.39 is 0 Å². The van der Waals surface area contributed by atoms with E-state index in [2.05, 4.69) is 25.5 Å². The summed E-state index contributed by atoms with van der Waals surface area (Å²) < 4.78 is 0. The predicted molar refractivity (Wildman–Crippen MR) is 110 cm³/mol. The molecule has 29 heavy (non-hydrogen) atoms. The summed E-state index contributed by atoms with van der Waals surface area (Å²) in [7, 11) is 0. The van der Waals surface area contributed by atoms with E-state index in [9.17, 15) is 9.59 Å². The molecule has 0 aromatic carbocycles. The molecule has 3 amide bonds. The molecule has 2 aliphatic heterocycles. The normalized spacial score (nSPS) is 19.7. The first kappa shape index (κ1) is 17.9. The van der Waals surface area contributed by atoms with Crippen molar-refractivity contribution in [2.75, 3.05) is 34.8 Å². The molecular weight excluding hydrogens is 368 g/mol. The predicted octanol–water partition coefficient (Wildman–Crippen LogP) is 2.56. The van der Waals surface area contributed by atoms with Gasteiger partial charge in [0.05, 0.1) is 11.7 Å². The van der Waals surface area contributed by atoms with Crippen LogP contribution in [-0.2, 0) is 0 Å². The Hall–Kier alpha value is -3.16. The monoisotopic (exact) mass is 392 g/mol. The molecule has 2 aromatic heterocycles. The molecule has 1 aliphatic carbocycles. The largest absolute Gasteiger partial charge is 0.366 e. The third-order valence-corrected chi connectivity index (χ3v) is 5.80. The molecule has 0 spiro atoms. The van der Waals surface area contributed by atoms with Gasteiger partial charge in [-0.2, -0.15) is 0 Å². The fraction of sp³-hybridized carbons (Fsp3) is 0.429. The van der Waals surface area contributed by atoms with Crippen LogP contribution in [0.3, 0.4) is 0 Å². The molecule has 4 heterocycles. The highest BCUT2D eigenvalue weighted by atomic mass is 16.2. The average molecular weight is 392 g/mol. The van der Waals surface area contributed by atoms with E-state index in [-0.39, 0.29) is 18.0 Å². The lowest BCUT2D eigenvalue weighted by molar-refractivity contribution is 0.0947. The van der Waals surface area contributed by atoms with Crippen molar-refractivity contribution in [1.29, 1.82) is 0 Å². The van der Waals surface area contributed by atoms with Gasteiger partial charge < -0.3 is 10.2 Å². The second-order valence-electron chi connectivity index (χ2n) is 8.10. The number of carbonyl (C=O) groups is 2. The zero-order valence-corrected chi connectivity index (χ0v) is 16.4. The van der Waals surface area contributed by atoms with Gasteiger partial charge in [0.1, 0.15) is 11.5 Å². The SMILES string of the molecule is Cc1ccnc(NC(=O)N2c3nc(C(=O)NCC4CC4)ccc3N3CCC2C3)c1. The number of anilines is 3. The summed E-state index contributed by atoms with van der Waals surface area (Å²) in [4.78, 5) is 38.4. The molecule has 0 radical (unpaired) electrons. The summed E-state index contributed by atoms with van der Waals surface area (Å²) in [5.74, 6) is 1.47. The Labute approximate surface area is 169 Å². The quantitative estimate of drug-likeness (QED) is 0.835. The molecule has 8 heteroatoms. The second-order valence-corrected chi connectivity index (χ2v) is 8.10. The number of aryl methyl sites for hydroxylation is 1. The molecule has 1 unspecified atom stereocenters. The number of nitrogens with one attached hydrogen (secondary N) is 2. The number of hydrogen-bond acceptors (Lipinski definition) is 5. The van der Waals surface area contributed by atoms with Gasteiger partial charge in [-0.15, -0.1) is 0 Å². The summed E-state index contributed by atoms with van der Waals surface area (Å²) in [6, 6.07) is 7.13. The minimum Gasteiger partial charge on any atom is -0.366 e. The summed E-state index contributed by atoms with van der Waals surface area (Å²) in [6.45, 7) is 4.29. The van der Waals surface area contributed by atoms with Crippen molar-refractivity contribution in [2.24, 2.45) is 5.92 Å². The van der Waals surface area contributed by atoms with E-state index in [1.807, 2.05) is 25.1 Å². The standard InChI is InChI=1S/C21H24N6O2/c1-13-6-8-22-18(10-13)25-21(29)27-15-7-9-26(12-15)17-5-4-16(24-19(17)27)20(28)23-11-14-2-3-14/h4-6,8,10,14-15H,2-3,7,9,11-12H2,1H3,(H,23,28)(H,22,25,29). The average Bonchev–Trinajstić information content (AvgIpc) is 3.45. The topological polar surface area (TPSA) is 90.5 Å². The lowest BCUT2D eigenvalue weighted by Gasteiger charge is -2.35. The molecule has 1 atom stereocenters. The Morgan fingerprint density at radius 2 is 2.07 bits per heavy atom. The molecule has 3 aliphatic rings. The molecule has 150 valence electrons. The van der Waals surface area contributed by atoms with Crippen molar-refractivity contribution < 1.29 is 9.59 Å². The molecule has 2 bridgehead atoms. The van der Waals surface area contributed by atoms with Crippen molar-refractivity contribution >= 4 is 29.3 Å². The van der Waals surface area contributed by atoms with Crippen molar-refractivity contribution in [1.82, 2.24) is 15.3 Å². The van der Waals surface area contributed by atoms with Crippen LogP contribution in [0.1, 0.15) is 35.3 Å². The summed E-state index contributed by atoms with van der Waals surface area (Å²) >= 11 is 0. The zero-order chi connectivity index (χ0) is 20.0. The van der Waals surface area contributed by atoms with Crippen molar-refractivity contribution in [3.63, 3.8) is 0 Å². The fourth-order valence-electron chi connectivity index (χ4n) is 4.02. The van der Waals surface area contributed by atoms with Crippen LogP contribution >= 0.6 is 0 Å². The molecule has 2 aromatic rings. The smallest absolute Gasteiger partial charge is 0.329 e. The van der Waals surface area contributed by atoms with E-state index in [0.717, 1.165) is 30.8 Å².